The van der Waals surface area contributed by atoms with Gasteiger partial charge >= 0.3 is 0 Å². The van der Waals surface area contributed by atoms with E-state index < -0.39 is 0 Å². The molecule has 2 fully saturated rings. The van der Waals surface area contributed by atoms with Crippen molar-refractivity contribution in [1.29, 1.82) is 0 Å². The number of carbonyl (C=O) groups excluding carboxylic acids is 1. The van der Waals surface area contributed by atoms with Crippen molar-refractivity contribution < 1.29 is 4.79 Å². The Bertz CT molecular complexity index is 949. The van der Waals surface area contributed by atoms with Crippen LogP contribution in [-0.4, -0.2) is 50.1 Å². The third kappa shape index (κ3) is 3.22. The summed E-state index contributed by atoms with van der Waals surface area (Å²) >= 11 is 1.68. The minimum absolute atomic E-state index is 0.0848. The van der Waals surface area contributed by atoms with Gasteiger partial charge in [0.25, 0.3) is 5.91 Å². The highest BCUT2D eigenvalue weighted by atomic mass is 32.1. The Labute approximate surface area is 167 Å². The van der Waals surface area contributed by atoms with Gasteiger partial charge in [0.1, 0.15) is 6.33 Å². The van der Waals surface area contributed by atoms with Gasteiger partial charge in [0.05, 0.1) is 5.69 Å². The molecule has 0 radical (unpaired) electrons. The lowest BCUT2D eigenvalue weighted by Gasteiger charge is -2.29. The topological polar surface area (TPSA) is 75.9 Å². The fourth-order valence-electron chi connectivity index (χ4n) is 4.36. The van der Waals surface area contributed by atoms with Gasteiger partial charge in [-0.15, -0.1) is 5.10 Å². The monoisotopic (exact) mass is 394 g/mol. The summed E-state index contributed by atoms with van der Waals surface area (Å²) in [6.45, 7) is 2.76. The Hall–Kier alpha value is -2.58. The predicted molar refractivity (Wildman–Crippen MR) is 106 cm³/mol. The van der Waals surface area contributed by atoms with Crippen molar-refractivity contribution in [1.82, 2.24) is 30.4 Å². The van der Waals surface area contributed by atoms with E-state index in [0.717, 1.165) is 38.0 Å². The zero-order valence-electron chi connectivity index (χ0n) is 15.5. The van der Waals surface area contributed by atoms with Crippen LogP contribution in [0, 0.1) is 5.41 Å². The van der Waals surface area contributed by atoms with Crippen molar-refractivity contribution in [2.24, 2.45) is 5.41 Å². The number of nitrogens with zero attached hydrogens (tertiary/aromatic N) is 5. The van der Waals surface area contributed by atoms with Gasteiger partial charge in [0, 0.05) is 18.2 Å². The molecule has 1 unspecified atom stereocenters. The number of benzene rings is 1. The first-order valence-electron chi connectivity index (χ1n) is 9.61. The molecule has 1 aliphatic carbocycles. The number of tetrazole rings is 1. The number of hydrogen-bond donors (Lipinski definition) is 1. The van der Waals surface area contributed by atoms with Crippen LogP contribution in [0.25, 0.3) is 5.69 Å². The fourth-order valence-corrected chi connectivity index (χ4v) is 5.02. The van der Waals surface area contributed by atoms with Crippen LogP contribution in [-0.2, 0) is 6.54 Å². The number of nitrogens with one attached hydrogen (secondary N) is 1. The van der Waals surface area contributed by atoms with E-state index in [4.69, 9.17) is 0 Å². The van der Waals surface area contributed by atoms with Gasteiger partial charge in [0.2, 0.25) is 0 Å². The first-order valence-corrected chi connectivity index (χ1v) is 10.6. The van der Waals surface area contributed by atoms with Gasteiger partial charge < -0.3 is 10.2 Å². The summed E-state index contributed by atoms with van der Waals surface area (Å²) in [7, 11) is 0. The summed E-state index contributed by atoms with van der Waals surface area (Å²) in [5.41, 5.74) is 2.97. The second-order valence-corrected chi connectivity index (χ2v) is 8.48. The number of carbonyl (C=O) groups is 1. The van der Waals surface area contributed by atoms with Crippen LogP contribution in [0.5, 0.6) is 0 Å². The van der Waals surface area contributed by atoms with Crippen LogP contribution in [0.1, 0.15) is 35.2 Å². The molecule has 3 heterocycles. The first-order chi connectivity index (χ1) is 13.8. The van der Waals surface area contributed by atoms with E-state index in [-0.39, 0.29) is 5.91 Å². The van der Waals surface area contributed by atoms with Crippen molar-refractivity contribution in [3.8, 4) is 5.69 Å². The molecule has 1 saturated carbocycles. The summed E-state index contributed by atoms with van der Waals surface area (Å²) < 4.78 is 1.57. The van der Waals surface area contributed by atoms with Gasteiger partial charge in [-0.25, -0.2) is 4.68 Å². The van der Waals surface area contributed by atoms with Crippen molar-refractivity contribution in [3.05, 3.63) is 58.5 Å². The lowest BCUT2D eigenvalue weighted by atomic mass is 9.93. The molecular weight excluding hydrogens is 372 g/mol. The van der Waals surface area contributed by atoms with E-state index in [2.05, 4.69) is 42.6 Å². The minimum Gasteiger partial charge on any atom is -0.331 e. The number of aromatic nitrogens is 4. The zero-order valence-corrected chi connectivity index (χ0v) is 16.3. The summed E-state index contributed by atoms with van der Waals surface area (Å²) in [5, 5.41) is 19.0. The van der Waals surface area contributed by atoms with Crippen LogP contribution in [0.15, 0.2) is 47.4 Å². The van der Waals surface area contributed by atoms with Crippen LogP contribution >= 0.6 is 11.3 Å². The van der Waals surface area contributed by atoms with Crippen LogP contribution < -0.4 is 5.32 Å². The molecular formula is C20H22N6OS. The Kier molecular flexibility index (Phi) is 4.44. The Morgan fingerprint density at radius 1 is 1.32 bits per heavy atom. The predicted octanol–water partition coefficient (Wildman–Crippen LogP) is 2.51. The van der Waals surface area contributed by atoms with Crippen LogP contribution in [0.4, 0.5) is 0 Å². The summed E-state index contributed by atoms with van der Waals surface area (Å²) in [4.78, 5) is 15.6. The molecule has 2 aliphatic rings. The molecule has 0 bridgehead atoms. The normalized spacial score (nSPS) is 20.2. The summed E-state index contributed by atoms with van der Waals surface area (Å²) in [6.07, 6.45) is 4.94. The smallest absolute Gasteiger partial charge is 0.254 e. The maximum Gasteiger partial charge on any atom is 0.254 e. The van der Waals surface area contributed by atoms with Crippen LogP contribution in [0.2, 0.25) is 0 Å². The maximum atomic E-state index is 13.6. The SMILES string of the molecule is O=C(c1cccc(-n2cnnn2)c1)N(Cc1ccsc1)C1CC12CCNCC2. The standard InChI is InChI=1S/C20H22N6OS/c27-19(16-2-1-3-17(10-16)26-14-22-23-24-26)25(12-15-4-9-28-13-15)18-11-20(18)5-7-21-8-6-20/h1-4,9-10,13-14,18,21H,5-8,11-12H2. The second-order valence-electron chi connectivity index (χ2n) is 7.70. The zero-order chi connectivity index (χ0) is 19.0. The fraction of sp³-hybridized carbons (Fsp3) is 0.400. The van der Waals surface area contributed by atoms with Crippen LogP contribution in [0.3, 0.4) is 0 Å². The second kappa shape index (κ2) is 7.10. The average molecular weight is 395 g/mol. The van der Waals surface area contributed by atoms with Gasteiger partial charge in [0.15, 0.2) is 0 Å². The van der Waals surface area contributed by atoms with E-state index in [0.29, 0.717) is 23.6 Å². The third-order valence-corrected chi connectivity index (χ3v) is 6.75. The molecule has 1 N–H and O–H groups in total. The number of piperidine rings is 1. The number of amides is 1. The molecule has 2 aromatic heterocycles. The van der Waals surface area contributed by atoms with Crippen molar-refractivity contribution in [2.75, 3.05) is 13.1 Å². The molecule has 3 aromatic rings. The van der Waals surface area contributed by atoms with E-state index in [1.54, 1.807) is 16.0 Å². The Balaban J connectivity index is 1.44. The molecule has 1 amide bonds. The van der Waals surface area contributed by atoms with Gasteiger partial charge in [-0.3, -0.25) is 4.79 Å². The Morgan fingerprint density at radius 2 is 2.21 bits per heavy atom. The number of thiophene rings is 1. The number of rotatable bonds is 5. The summed E-state index contributed by atoms with van der Waals surface area (Å²) in [6, 6.07) is 9.98. The lowest BCUT2D eigenvalue weighted by Crippen LogP contribution is -2.39. The van der Waals surface area contributed by atoms with Gasteiger partial charge in [-0.05, 0) is 88.8 Å². The van der Waals surface area contributed by atoms with Crippen molar-refractivity contribution in [2.45, 2.75) is 31.8 Å². The molecule has 1 spiro atoms. The highest BCUT2D eigenvalue weighted by Crippen LogP contribution is 2.56. The molecule has 1 atom stereocenters. The summed E-state index contributed by atoms with van der Waals surface area (Å²) in [5.74, 6) is 0.0848. The molecule has 8 heteroatoms. The molecule has 1 aromatic carbocycles. The largest absolute Gasteiger partial charge is 0.331 e. The third-order valence-electron chi connectivity index (χ3n) is 6.02. The van der Waals surface area contributed by atoms with E-state index in [9.17, 15) is 4.79 Å². The minimum atomic E-state index is 0.0848. The van der Waals surface area contributed by atoms with Gasteiger partial charge in [-0.1, -0.05) is 6.07 Å². The highest BCUT2D eigenvalue weighted by molar-refractivity contribution is 7.07. The van der Waals surface area contributed by atoms with Crippen molar-refractivity contribution >= 4 is 17.2 Å². The molecule has 28 heavy (non-hydrogen) atoms. The molecule has 7 nitrogen and oxygen atoms in total. The van der Waals surface area contributed by atoms with Gasteiger partial charge in [-0.2, -0.15) is 11.3 Å². The quantitative estimate of drug-likeness (QED) is 0.720. The van der Waals surface area contributed by atoms with E-state index in [1.807, 2.05) is 24.3 Å². The average Bonchev–Trinajstić information content (AvgIpc) is 3.19. The lowest BCUT2D eigenvalue weighted by molar-refractivity contribution is 0.0692. The van der Waals surface area contributed by atoms with E-state index >= 15 is 0 Å². The number of hydrogen-bond acceptors (Lipinski definition) is 6. The maximum absolute atomic E-state index is 13.6. The van der Waals surface area contributed by atoms with E-state index in [1.165, 1.54) is 11.9 Å². The highest BCUT2D eigenvalue weighted by Gasteiger charge is 2.57. The Morgan fingerprint density at radius 3 is 2.96 bits per heavy atom. The molecule has 5 rings (SSSR count). The molecule has 144 valence electrons. The molecule has 1 aliphatic heterocycles. The van der Waals surface area contributed by atoms with Crippen molar-refractivity contribution in [3.63, 3.8) is 0 Å². The molecule has 1 saturated heterocycles. The first kappa shape index (κ1) is 17.5.